The number of aromatic nitrogens is 5. The Morgan fingerprint density at radius 3 is 2.53 bits per heavy atom. The van der Waals surface area contributed by atoms with Crippen molar-refractivity contribution in [1.82, 2.24) is 29.3 Å². The van der Waals surface area contributed by atoms with Crippen molar-refractivity contribution in [1.29, 1.82) is 0 Å². The van der Waals surface area contributed by atoms with Crippen LogP contribution in [0.25, 0.3) is 38.9 Å². The van der Waals surface area contributed by atoms with Crippen molar-refractivity contribution in [3.63, 3.8) is 0 Å². The highest BCUT2D eigenvalue weighted by molar-refractivity contribution is 7.89. The second kappa shape index (κ2) is 8.81. The van der Waals surface area contributed by atoms with Crippen LogP contribution in [0.3, 0.4) is 0 Å². The van der Waals surface area contributed by atoms with Gasteiger partial charge in [-0.05, 0) is 36.4 Å². The number of rotatable bonds is 6. The lowest BCUT2D eigenvalue weighted by molar-refractivity contribution is -0.137. The Balaban J connectivity index is 1.69. The van der Waals surface area contributed by atoms with Gasteiger partial charge in [-0.2, -0.15) is 23.0 Å². The van der Waals surface area contributed by atoms with Crippen LogP contribution in [0.2, 0.25) is 0 Å². The number of nitrogens with one attached hydrogen (secondary N) is 2. The van der Waals surface area contributed by atoms with Gasteiger partial charge in [0.05, 0.1) is 44.3 Å². The van der Waals surface area contributed by atoms with Gasteiger partial charge in [0.2, 0.25) is 10.0 Å². The van der Waals surface area contributed by atoms with E-state index in [2.05, 4.69) is 15.2 Å². The van der Waals surface area contributed by atoms with Crippen molar-refractivity contribution in [3.8, 4) is 16.9 Å². The van der Waals surface area contributed by atoms with Crippen molar-refractivity contribution < 1.29 is 31.5 Å². The second-order valence-corrected chi connectivity index (χ2v) is 10.0. The molecule has 0 saturated carbocycles. The molecule has 15 heteroatoms. The van der Waals surface area contributed by atoms with Crippen molar-refractivity contribution in [2.24, 2.45) is 7.05 Å². The zero-order valence-corrected chi connectivity index (χ0v) is 20.1. The third kappa shape index (κ3) is 4.31. The van der Waals surface area contributed by atoms with E-state index in [4.69, 9.17) is 5.11 Å². The van der Waals surface area contributed by atoms with Crippen LogP contribution in [0.15, 0.2) is 64.4 Å². The number of aliphatic carboxylic acids is 1. The molecule has 3 heterocycles. The maximum absolute atomic E-state index is 13.6. The number of fused-ring (bicyclic) bond motifs is 3. The molecule has 196 valence electrons. The average molecular weight is 546 g/mol. The molecule has 0 atom stereocenters. The van der Waals surface area contributed by atoms with Crippen molar-refractivity contribution >= 4 is 37.9 Å². The first-order valence-electron chi connectivity index (χ1n) is 10.8. The van der Waals surface area contributed by atoms with E-state index >= 15 is 0 Å². The van der Waals surface area contributed by atoms with Crippen LogP contribution < -0.4 is 10.3 Å². The first-order valence-corrected chi connectivity index (χ1v) is 12.3. The van der Waals surface area contributed by atoms with E-state index in [-0.39, 0.29) is 32.7 Å². The molecule has 0 radical (unpaired) electrons. The summed E-state index contributed by atoms with van der Waals surface area (Å²) in [4.78, 5) is 28.5. The minimum absolute atomic E-state index is 0.0132. The highest BCUT2D eigenvalue weighted by Crippen LogP contribution is 2.34. The number of sulfonamides is 1. The third-order valence-corrected chi connectivity index (χ3v) is 7.22. The molecule has 0 fully saturated rings. The van der Waals surface area contributed by atoms with Gasteiger partial charge in [0.15, 0.2) is 5.65 Å². The molecule has 0 amide bonds. The van der Waals surface area contributed by atoms with E-state index in [9.17, 15) is 31.2 Å². The Morgan fingerprint density at radius 2 is 1.87 bits per heavy atom. The van der Waals surface area contributed by atoms with Crippen LogP contribution in [0.1, 0.15) is 5.56 Å². The van der Waals surface area contributed by atoms with E-state index in [1.54, 1.807) is 7.05 Å². The van der Waals surface area contributed by atoms with E-state index in [0.29, 0.717) is 11.0 Å². The number of halogens is 3. The lowest BCUT2D eigenvalue weighted by atomic mass is 10.0. The summed E-state index contributed by atoms with van der Waals surface area (Å²) in [6.45, 7) is -0.808. The standard InChI is InChI=1S/C23H17F3N6O5S/c1-31-21-16(10-27-31)20-18(19(29-21)12-3-2-4-13(9-12)23(24,25)26)22(35)32(30-20)14-5-7-15(8-6-14)38(36,37)28-11-17(33)34/h2-10,28,30H,11H2,1H3,(H,33,34). The number of carboxylic acid groups (broad SMARTS) is 1. The molecule has 5 rings (SSSR count). The van der Waals surface area contributed by atoms with E-state index in [1.807, 2.05) is 4.72 Å². The van der Waals surface area contributed by atoms with Gasteiger partial charge in [0, 0.05) is 12.6 Å². The van der Waals surface area contributed by atoms with Crippen molar-refractivity contribution in [2.45, 2.75) is 11.1 Å². The average Bonchev–Trinajstić information content (AvgIpc) is 3.42. The number of hydrogen-bond donors (Lipinski definition) is 3. The first-order chi connectivity index (χ1) is 17.9. The lowest BCUT2D eigenvalue weighted by Gasteiger charge is -2.09. The summed E-state index contributed by atoms with van der Waals surface area (Å²) in [5.41, 5.74) is -0.633. The van der Waals surface area contributed by atoms with Crippen LogP contribution in [0.4, 0.5) is 13.2 Å². The molecule has 0 aliphatic rings. The Hall–Kier alpha value is -4.50. The number of alkyl halides is 3. The van der Waals surface area contributed by atoms with Crippen molar-refractivity contribution in [2.75, 3.05) is 6.54 Å². The fraction of sp³-hybridized carbons (Fsp3) is 0.130. The minimum Gasteiger partial charge on any atom is -0.480 e. The maximum atomic E-state index is 13.6. The van der Waals surface area contributed by atoms with Crippen LogP contribution in [-0.2, 0) is 28.0 Å². The zero-order valence-electron chi connectivity index (χ0n) is 19.3. The molecule has 38 heavy (non-hydrogen) atoms. The third-order valence-electron chi connectivity index (χ3n) is 5.80. The minimum atomic E-state index is -4.61. The number of nitrogens with zero attached hydrogens (tertiary/aromatic N) is 4. The molecule has 0 aliphatic heterocycles. The molecule has 2 aromatic carbocycles. The molecule has 5 aromatic rings. The SMILES string of the molecule is Cn1ncc2c3[nH]n(-c4ccc(S(=O)(=O)NCC(=O)O)cc4)c(=O)c3c(-c3cccc(C(F)(F)F)c3)nc21. The Labute approximate surface area is 211 Å². The van der Waals surface area contributed by atoms with Gasteiger partial charge in [0.1, 0.15) is 6.54 Å². The van der Waals surface area contributed by atoms with Gasteiger partial charge in [0.25, 0.3) is 5.56 Å². The van der Waals surface area contributed by atoms with Gasteiger partial charge >= 0.3 is 12.1 Å². The number of pyridine rings is 1. The number of H-pyrrole nitrogens is 1. The summed E-state index contributed by atoms with van der Waals surface area (Å²) in [6, 6.07) is 9.48. The molecule has 0 spiro atoms. The molecule has 3 aromatic heterocycles. The molecule has 3 N–H and O–H groups in total. The summed E-state index contributed by atoms with van der Waals surface area (Å²) in [5.74, 6) is -1.36. The first kappa shape index (κ1) is 25.2. The highest BCUT2D eigenvalue weighted by Gasteiger charge is 2.31. The highest BCUT2D eigenvalue weighted by atomic mass is 32.2. The maximum Gasteiger partial charge on any atom is 0.416 e. The fourth-order valence-corrected chi connectivity index (χ4v) is 4.98. The normalized spacial score (nSPS) is 12.4. The molecular weight excluding hydrogens is 529 g/mol. The number of aryl methyl sites for hydroxylation is 1. The number of aromatic amines is 1. The topological polar surface area (TPSA) is 152 Å². The van der Waals surface area contributed by atoms with Crippen LogP contribution in [0, 0.1) is 0 Å². The van der Waals surface area contributed by atoms with Gasteiger partial charge in [-0.25, -0.2) is 18.1 Å². The largest absolute Gasteiger partial charge is 0.480 e. The Bertz CT molecular complexity index is 1890. The van der Waals surface area contributed by atoms with Crippen LogP contribution in [-0.4, -0.2) is 50.6 Å². The summed E-state index contributed by atoms with van der Waals surface area (Å²) < 4.78 is 69.2. The molecule has 0 saturated heterocycles. The number of hydrogen-bond acceptors (Lipinski definition) is 6. The van der Waals surface area contributed by atoms with Crippen LogP contribution in [0.5, 0.6) is 0 Å². The number of carbonyl (C=O) groups is 1. The summed E-state index contributed by atoms with van der Waals surface area (Å²) in [7, 11) is -2.51. The number of benzene rings is 2. The predicted octanol–water partition coefficient (Wildman–Crippen LogP) is 2.65. The summed E-state index contributed by atoms with van der Waals surface area (Å²) >= 11 is 0. The lowest BCUT2D eigenvalue weighted by Crippen LogP contribution is -2.29. The Morgan fingerprint density at radius 1 is 1.16 bits per heavy atom. The van der Waals surface area contributed by atoms with E-state index < -0.39 is 39.8 Å². The predicted molar refractivity (Wildman–Crippen MR) is 129 cm³/mol. The molecule has 0 bridgehead atoms. The molecule has 11 nitrogen and oxygen atoms in total. The smallest absolute Gasteiger partial charge is 0.416 e. The quantitative estimate of drug-likeness (QED) is 0.296. The van der Waals surface area contributed by atoms with E-state index in [0.717, 1.165) is 16.8 Å². The monoisotopic (exact) mass is 546 g/mol. The molecular formula is C23H17F3N6O5S. The van der Waals surface area contributed by atoms with E-state index in [1.165, 1.54) is 47.3 Å². The Kier molecular flexibility index (Phi) is 5.83. The van der Waals surface area contributed by atoms with Gasteiger partial charge in [-0.1, -0.05) is 12.1 Å². The number of carboxylic acids is 1. The molecule has 0 aliphatic carbocycles. The summed E-state index contributed by atoms with van der Waals surface area (Å²) in [5, 5.41) is 16.3. The van der Waals surface area contributed by atoms with Gasteiger partial charge in [-0.3, -0.25) is 19.4 Å². The summed E-state index contributed by atoms with van der Waals surface area (Å²) in [6.07, 6.45) is -3.14. The van der Waals surface area contributed by atoms with Gasteiger partial charge < -0.3 is 5.11 Å². The zero-order chi connectivity index (χ0) is 27.4. The fourth-order valence-electron chi connectivity index (χ4n) is 4.00. The van der Waals surface area contributed by atoms with Gasteiger partial charge in [-0.15, -0.1) is 0 Å². The molecule has 0 unspecified atom stereocenters. The van der Waals surface area contributed by atoms with Crippen LogP contribution >= 0.6 is 0 Å². The second-order valence-electron chi connectivity index (χ2n) is 8.26. The van der Waals surface area contributed by atoms with Crippen molar-refractivity contribution in [3.05, 3.63) is 70.6 Å².